The number of hydrogen-bond donors (Lipinski definition) is 1. The van der Waals surface area contributed by atoms with Crippen LogP contribution in [0.5, 0.6) is 0 Å². The summed E-state index contributed by atoms with van der Waals surface area (Å²) >= 11 is 0. The number of fused-ring (bicyclic) bond motifs is 8. The van der Waals surface area contributed by atoms with Gasteiger partial charge in [0.05, 0.1) is 16.7 Å². The summed E-state index contributed by atoms with van der Waals surface area (Å²) in [6, 6.07) is 66.7. The van der Waals surface area contributed by atoms with Crippen LogP contribution in [0.3, 0.4) is 0 Å². The van der Waals surface area contributed by atoms with Gasteiger partial charge in [-0.2, -0.15) is 0 Å². The quantitative estimate of drug-likeness (QED) is 0.181. The Balaban J connectivity index is 1.05. The van der Waals surface area contributed by atoms with Crippen LogP contribution >= 0.6 is 0 Å². The number of nitrogens with one attached hydrogen (secondary N) is 1. The number of nitrogens with zero attached hydrogens (tertiary/aromatic N) is 1. The second-order valence-electron chi connectivity index (χ2n) is 14.9. The Morgan fingerprint density at radius 3 is 1.82 bits per heavy atom. The van der Waals surface area contributed by atoms with Crippen molar-refractivity contribution in [3.8, 4) is 61.3 Å². The third kappa shape index (κ3) is 5.41. The van der Waals surface area contributed by atoms with E-state index in [0.717, 1.165) is 17.8 Å². The lowest BCUT2D eigenvalue weighted by atomic mass is 9.88. The van der Waals surface area contributed by atoms with E-state index in [1.54, 1.807) is 0 Å². The van der Waals surface area contributed by atoms with E-state index >= 15 is 0 Å². The van der Waals surface area contributed by atoms with E-state index in [-0.39, 0.29) is 5.92 Å². The molecular weight excluding hydrogens is 677 g/mol. The Hall–Kier alpha value is -7.16. The third-order valence-corrected chi connectivity index (χ3v) is 11.6. The van der Waals surface area contributed by atoms with Crippen LogP contribution in [0.2, 0.25) is 0 Å². The molecule has 0 saturated heterocycles. The Kier molecular flexibility index (Phi) is 7.67. The molecular formula is C54H38N2. The van der Waals surface area contributed by atoms with E-state index in [2.05, 4.69) is 216 Å². The Bertz CT molecular complexity index is 2960. The van der Waals surface area contributed by atoms with Gasteiger partial charge in [0.25, 0.3) is 0 Å². The molecule has 0 fully saturated rings. The summed E-state index contributed by atoms with van der Waals surface area (Å²) in [6.07, 6.45) is 9.93. The fourth-order valence-corrected chi connectivity index (χ4v) is 8.99. The topological polar surface area (TPSA) is 17.0 Å². The van der Waals surface area contributed by atoms with Gasteiger partial charge in [-0.15, -0.1) is 0 Å². The zero-order chi connectivity index (χ0) is 37.0. The van der Waals surface area contributed by atoms with Crippen molar-refractivity contribution >= 4 is 33.2 Å². The highest BCUT2D eigenvalue weighted by Crippen LogP contribution is 2.47. The summed E-state index contributed by atoms with van der Waals surface area (Å²) in [5.74, 6) is 0.260. The van der Waals surface area contributed by atoms with Crippen molar-refractivity contribution in [1.29, 1.82) is 0 Å². The molecule has 0 spiro atoms. The van der Waals surface area contributed by atoms with Crippen molar-refractivity contribution in [2.24, 2.45) is 0 Å². The minimum atomic E-state index is 0.260. The number of allylic oxidation sites excluding steroid dienone is 4. The largest absolute Gasteiger partial charge is 0.355 e. The van der Waals surface area contributed by atoms with Gasteiger partial charge >= 0.3 is 0 Å². The molecule has 264 valence electrons. The summed E-state index contributed by atoms with van der Waals surface area (Å²) in [6.45, 7) is 0. The lowest BCUT2D eigenvalue weighted by Crippen LogP contribution is -2.03. The average Bonchev–Trinajstić information content (AvgIpc) is 3.54. The van der Waals surface area contributed by atoms with Gasteiger partial charge in [0.1, 0.15) is 0 Å². The summed E-state index contributed by atoms with van der Waals surface area (Å²) < 4.78 is 2.49. The van der Waals surface area contributed by atoms with Crippen LogP contribution in [0.1, 0.15) is 17.9 Å². The first kappa shape index (κ1) is 32.3. The van der Waals surface area contributed by atoms with Gasteiger partial charge < -0.3 is 9.88 Å². The molecule has 1 aliphatic carbocycles. The molecule has 0 radical (unpaired) electrons. The number of rotatable bonds is 6. The maximum atomic E-state index is 3.91. The zero-order valence-electron chi connectivity index (χ0n) is 30.9. The second kappa shape index (κ2) is 13.3. The fraction of sp³-hybridized carbons (Fsp3) is 0.0370. The van der Waals surface area contributed by atoms with Crippen LogP contribution in [0, 0.1) is 0 Å². The minimum Gasteiger partial charge on any atom is -0.355 e. The smallest absolute Gasteiger partial charge is 0.0619 e. The van der Waals surface area contributed by atoms with E-state index in [1.165, 1.54) is 88.7 Å². The van der Waals surface area contributed by atoms with Crippen LogP contribution in [-0.2, 0) is 0 Å². The minimum absolute atomic E-state index is 0.260. The summed E-state index contributed by atoms with van der Waals surface area (Å²) in [4.78, 5) is 0. The highest BCUT2D eigenvalue weighted by atomic mass is 15.0. The molecule has 1 aromatic heterocycles. The normalized spacial score (nSPS) is 14.0. The summed E-state index contributed by atoms with van der Waals surface area (Å²) in [5, 5.41) is 6.45. The van der Waals surface area contributed by atoms with Gasteiger partial charge in [0.2, 0.25) is 0 Å². The molecule has 1 unspecified atom stereocenters. The molecule has 9 aromatic rings. The lowest BCUT2D eigenvalue weighted by molar-refractivity contribution is 0.856. The maximum Gasteiger partial charge on any atom is 0.0619 e. The maximum absolute atomic E-state index is 3.91. The van der Waals surface area contributed by atoms with Crippen molar-refractivity contribution in [3.05, 3.63) is 212 Å². The van der Waals surface area contributed by atoms with E-state index < -0.39 is 0 Å². The van der Waals surface area contributed by atoms with Crippen LogP contribution in [0.15, 0.2) is 206 Å². The molecule has 1 atom stereocenters. The molecule has 11 rings (SSSR count). The van der Waals surface area contributed by atoms with Gasteiger partial charge in [-0.25, -0.2) is 0 Å². The monoisotopic (exact) mass is 714 g/mol. The number of benzene rings is 8. The molecule has 2 nitrogen and oxygen atoms in total. The summed E-state index contributed by atoms with van der Waals surface area (Å²) in [5.41, 5.74) is 19.5. The van der Waals surface area contributed by atoms with Crippen LogP contribution in [0.25, 0.3) is 83.1 Å². The highest BCUT2D eigenvalue weighted by Gasteiger charge is 2.24. The molecule has 2 aliphatic rings. The molecule has 8 aromatic carbocycles. The van der Waals surface area contributed by atoms with Gasteiger partial charge in [0, 0.05) is 39.2 Å². The van der Waals surface area contributed by atoms with Gasteiger partial charge in [-0.3, -0.25) is 0 Å². The second-order valence-corrected chi connectivity index (χ2v) is 14.9. The molecule has 2 heterocycles. The summed E-state index contributed by atoms with van der Waals surface area (Å²) in [7, 11) is 0. The van der Waals surface area contributed by atoms with E-state index in [0.29, 0.717) is 0 Å². The Labute approximate surface area is 327 Å². The zero-order valence-corrected chi connectivity index (χ0v) is 30.9. The van der Waals surface area contributed by atoms with Crippen LogP contribution < -0.4 is 5.32 Å². The van der Waals surface area contributed by atoms with Gasteiger partial charge in [-0.1, -0.05) is 158 Å². The van der Waals surface area contributed by atoms with Crippen LogP contribution in [-0.4, -0.2) is 4.57 Å². The first-order valence-corrected chi connectivity index (χ1v) is 19.5. The van der Waals surface area contributed by atoms with Crippen molar-refractivity contribution < 1.29 is 0 Å². The lowest BCUT2D eigenvalue weighted by Gasteiger charge is -2.21. The molecule has 0 saturated carbocycles. The van der Waals surface area contributed by atoms with E-state index in [1.807, 2.05) is 0 Å². The third-order valence-electron chi connectivity index (χ3n) is 11.6. The van der Waals surface area contributed by atoms with Crippen LogP contribution in [0.4, 0.5) is 11.4 Å². The molecule has 0 amide bonds. The first-order chi connectivity index (χ1) is 27.8. The predicted octanol–water partition coefficient (Wildman–Crippen LogP) is 14.8. The predicted molar refractivity (Wildman–Crippen MR) is 237 cm³/mol. The number of anilines is 2. The molecule has 56 heavy (non-hydrogen) atoms. The Morgan fingerprint density at radius 1 is 0.446 bits per heavy atom. The first-order valence-electron chi connectivity index (χ1n) is 19.5. The van der Waals surface area contributed by atoms with Crippen molar-refractivity contribution in [1.82, 2.24) is 4.57 Å². The SMILES string of the molecule is C1=CCC(c2cc(-c3ccc4c(c3)c3cccc5c3n4-c3ccccc3-c3ccccc3-5)ccc2Nc2cc(-c3ccccc3)cc(-c3ccccc3)c2)C=C1. The fourth-order valence-electron chi connectivity index (χ4n) is 8.99. The molecule has 1 aliphatic heterocycles. The van der Waals surface area contributed by atoms with E-state index in [4.69, 9.17) is 0 Å². The van der Waals surface area contributed by atoms with Crippen molar-refractivity contribution in [3.63, 3.8) is 0 Å². The standard InChI is InChI=1S/C54H38N2/c1-4-15-36(16-5-1)41-31-42(37-17-6-2-7-18-37)33-43(32-41)55-51-29-27-39(34-49(51)38-19-8-3-9-20-38)40-28-30-53-50(35-40)48-25-14-24-47-45-22-11-10-21-44(45)46-23-12-13-26-52(46)56(53)54(47)48/h1-19,21-35,38,55H,20H2. The van der Waals surface area contributed by atoms with Crippen molar-refractivity contribution in [2.45, 2.75) is 12.3 Å². The number of para-hydroxylation sites is 2. The molecule has 0 bridgehead atoms. The Morgan fingerprint density at radius 2 is 1.09 bits per heavy atom. The average molecular weight is 715 g/mol. The molecule has 1 N–H and O–H groups in total. The van der Waals surface area contributed by atoms with E-state index in [9.17, 15) is 0 Å². The molecule has 2 heteroatoms. The number of hydrogen-bond acceptors (Lipinski definition) is 1. The highest BCUT2D eigenvalue weighted by molar-refractivity contribution is 6.17. The van der Waals surface area contributed by atoms with Gasteiger partial charge in [-0.05, 0) is 105 Å². The number of aromatic nitrogens is 1. The van der Waals surface area contributed by atoms with Gasteiger partial charge in [0.15, 0.2) is 0 Å². The van der Waals surface area contributed by atoms with Crippen molar-refractivity contribution in [2.75, 3.05) is 5.32 Å².